The standard InChI is InChI=1S/C24H34Cl2N2O4S2/c1-5-13-27(14-6-2)33(29,30)23-17-19(25)9-11-21(23)22-12-10-20(26)18-24(22)34(31,32)28(15-7-3)16-8-4/h9-12,17-18H,5-8,13-16H2,1-4H3. The van der Waals surface area contributed by atoms with Crippen LogP contribution in [0, 0.1) is 0 Å². The van der Waals surface area contributed by atoms with Crippen LogP contribution in [0.25, 0.3) is 11.1 Å². The van der Waals surface area contributed by atoms with E-state index in [0.29, 0.717) is 51.9 Å². The minimum Gasteiger partial charge on any atom is -0.207 e. The van der Waals surface area contributed by atoms with E-state index in [-0.39, 0.29) is 31.0 Å². The lowest BCUT2D eigenvalue weighted by molar-refractivity contribution is 0.409. The third-order valence-electron chi connectivity index (χ3n) is 5.31. The highest BCUT2D eigenvalue weighted by Gasteiger charge is 2.31. The number of hydrogen-bond donors (Lipinski definition) is 0. The second-order valence-corrected chi connectivity index (χ2v) is 12.8. The second-order valence-electron chi connectivity index (χ2n) is 8.09. The van der Waals surface area contributed by atoms with E-state index in [1.807, 2.05) is 27.7 Å². The summed E-state index contributed by atoms with van der Waals surface area (Å²) in [6.45, 7) is 9.08. The zero-order valence-electron chi connectivity index (χ0n) is 20.2. The van der Waals surface area contributed by atoms with E-state index in [1.54, 1.807) is 24.3 Å². The van der Waals surface area contributed by atoms with E-state index < -0.39 is 20.0 Å². The van der Waals surface area contributed by atoms with E-state index in [9.17, 15) is 16.8 Å². The monoisotopic (exact) mass is 548 g/mol. The Kier molecular flexibility index (Phi) is 10.9. The molecule has 0 aromatic heterocycles. The molecule has 0 amide bonds. The average molecular weight is 550 g/mol. The number of hydrogen-bond acceptors (Lipinski definition) is 4. The number of sulfonamides is 2. The molecule has 0 unspecified atom stereocenters. The first-order valence-corrected chi connectivity index (χ1v) is 15.3. The van der Waals surface area contributed by atoms with Crippen molar-refractivity contribution in [2.75, 3.05) is 26.2 Å². The molecule has 2 rings (SSSR count). The Morgan fingerprint density at radius 2 is 0.882 bits per heavy atom. The first-order chi connectivity index (χ1) is 16.0. The van der Waals surface area contributed by atoms with Crippen molar-refractivity contribution in [2.45, 2.75) is 63.2 Å². The van der Waals surface area contributed by atoms with Crippen molar-refractivity contribution >= 4 is 43.2 Å². The smallest absolute Gasteiger partial charge is 0.207 e. The van der Waals surface area contributed by atoms with Gasteiger partial charge >= 0.3 is 0 Å². The van der Waals surface area contributed by atoms with Gasteiger partial charge in [-0.15, -0.1) is 0 Å². The van der Waals surface area contributed by atoms with Gasteiger partial charge in [-0.1, -0.05) is 63.0 Å². The molecule has 34 heavy (non-hydrogen) atoms. The van der Waals surface area contributed by atoms with Crippen LogP contribution in [0.3, 0.4) is 0 Å². The Labute approximate surface area is 215 Å². The summed E-state index contributed by atoms with van der Waals surface area (Å²) in [6.07, 6.45) is 2.61. The SMILES string of the molecule is CCCN(CCC)S(=O)(=O)c1cc(Cl)ccc1-c1ccc(Cl)cc1S(=O)(=O)N(CCC)CCC. The third kappa shape index (κ3) is 6.53. The highest BCUT2D eigenvalue weighted by Crippen LogP contribution is 2.38. The first-order valence-electron chi connectivity index (χ1n) is 11.6. The van der Waals surface area contributed by atoms with Gasteiger partial charge in [-0.2, -0.15) is 8.61 Å². The molecule has 190 valence electrons. The van der Waals surface area contributed by atoms with Crippen molar-refractivity contribution in [3.63, 3.8) is 0 Å². The summed E-state index contributed by atoms with van der Waals surface area (Å²) < 4.78 is 57.7. The number of rotatable bonds is 13. The Hall–Kier alpha value is -1.16. The van der Waals surface area contributed by atoms with Gasteiger partial charge in [0.25, 0.3) is 0 Å². The molecule has 0 heterocycles. The van der Waals surface area contributed by atoms with Crippen molar-refractivity contribution in [3.8, 4) is 11.1 Å². The molecule has 2 aromatic rings. The summed E-state index contributed by atoms with van der Waals surface area (Å²) in [4.78, 5) is -0.0311. The minimum absolute atomic E-state index is 0.0156. The molecule has 0 aliphatic heterocycles. The molecule has 0 N–H and O–H groups in total. The van der Waals surface area contributed by atoms with Crippen LogP contribution in [0.5, 0.6) is 0 Å². The van der Waals surface area contributed by atoms with Crippen molar-refractivity contribution in [3.05, 3.63) is 46.4 Å². The Morgan fingerprint density at radius 3 is 1.15 bits per heavy atom. The van der Waals surface area contributed by atoms with E-state index in [4.69, 9.17) is 23.2 Å². The summed E-state index contributed by atoms with van der Waals surface area (Å²) in [5.41, 5.74) is 0.564. The highest BCUT2D eigenvalue weighted by molar-refractivity contribution is 7.89. The van der Waals surface area contributed by atoms with E-state index in [2.05, 4.69) is 0 Å². The van der Waals surface area contributed by atoms with Crippen LogP contribution in [0.4, 0.5) is 0 Å². The van der Waals surface area contributed by atoms with Gasteiger partial charge in [0.15, 0.2) is 0 Å². The molecule has 2 aromatic carbocycles. The first kappa shape index (κ1) is 29.1. The molecule has 0 fully saturated rings. The zero-order valence-corrected chi connectivity index (χ0v) is 23.4. The summed E-state index contributed by atoms with van der Waals surface area (Å²) in [6, 6.07) is 9.06. The molecule has 0 atom stereocenters. The molecule has 0 spiro atoms. The van der Waals surface area contributed by atoms with Crippen LogP contribution in [0.15, 0.2) is 46.2 Å². The quantitative estimate of drug-likeness (QED) is 0.295. The van der Waals surface area contributed by atoms with Crippen molar-refractivity contribution in [1.82, 2.24) is 8.61 Å². The van der Waals surface area contributed by atoms with Gasteiger partial charge < -0.3 is 0 Å². The lowest BCUT2D eigenvalue weighted by atomic mass is 10.1. The molecule has 0 aliphatic rings. The van der Waals surface area contributed by atoms with Crippen molar-refractivity contribution < 1.29 is 16.8 Å². The highest BCUT2D eigenvalue weighted by atomic mass is 35.5. The van der Waals surface area contributed by atoms with Gasteiger partial charge in [0.1, 0.15) is 0 Å². The zero-order chi connectivity index (χ0) is 25.5. The van der Waals surface area contributed by atoms with Crippen LogP contribution in [-0.2, 0) is 20.0 Å². The van der Waals surface area contributed by atoms with E-state index in [1.165, 1.54) is 20.7 Å². The number of benzene rings is 2. The van der Waals surface area contributed by atoms with Gasteiger partial charge in [-0.3, -0.25) is 0 Å². The fourth-order valence-corrected chi connectivity index (χ4v) is 8.03. The average Bonchev–Trinajstić information content (AvgIpc) is 2.79. The van der Waals surface area contributed by atoms with Gasteiger partial charge in [0.05, 0.1) is 9.79 Å². The molecule has 10 heteroatoms. The molecular weight excluding hydrogens is 515 g/mol. The maximum absolute atomic E-state index is 13.7. The van der Waals surface area contributed by atoms with Gasteiger partial charge in [0, 0.05) is 47.4 Å². The van der Waals surface area contributed by atoms with Crippen molar-refractivity contribution in [1.29, 1.82) is 0 Å². The van der Waals surface area contributed by atoms with Crippen LogP contribution < -0.4 is 0 Å². The van der Waals surface area contributed by atoms with E-state index >= 15 is 0 Å². The topological polar surface area (TPSA) is 74.8 Å². The van der Waals surface area contributed by atoms with Crippen LogP contribution >= 0.6 is 23.2 Å². The Balaban J connectivity index is 2.83. The van der Waals surface area contributed by atoms with Gasteiger partial charge in [-0.05, 0) is 49.9 Å². The molecule has 0 aliphatic carbocycles. The van der Waals surface area contributed by atoms with Gasteiger partial charge in [0.2, 0.25) is 20.0 Å². The predicted molar refractivity (Wildman–Crippen MR) is 141 cm³/mol. The molecule has 0 bridgehead atoms. The lowest BCUT2D eigenvalue weighted by Gasteiger charge is -2.25. The summed E-state index contributed by atoms with van der Waals surface area (Å²) in [5, 5.41) is 0.513. The maximum Gasteiger partial charge on any atom is 0.243 e. The summed E-state index contributed by atoms with van der Waals surface area (Å²) in [5.74, 6) is 0. The molecule has 6 nitrogen and oxygen atoms in total. The number of nitrogens with zero attached hydrogens (tertiary/aromatic N) is 2. The third-order valence-corrected chi connectivity index (χ3v) is 9.65. The van der Waals surface area contributed by atoms with Crippen LogP contribution in [0.1, 0.15) is 53.4 Å². The maximum atomic E-state index is 13.7. The summed E-state index contributed by atoms with van der Waals surface area (Å²) in [7, 11) is -7.86. The van der Waals surface area contributed by atoms with Crippen molar-refractivity contribution in [2.24, 2.45) is 0 Å². The Morgan fingerprint density at radius 1 is 0.588 bits per heavy atom. The molecule has 0 saturated heterocycles. The largest absolute Gasteiger partial charge is 0.243 e. The van der Waals surface area contributed by atoms with Gasteiger partial charge in [-0.25, -0.2) is 16.8 Å². The van der Waals surface area contributed by atoms with Crippen LogP contribution in [-0.4, -0.2) is 51.6 Å². The summed E-state index contributed by atoms with van der Waals surface area (Å²) >= 11 is 12.5. The Bertz CT molecular complexity index is 1080. The number of halogens is 2. The van der Waals surface area contributed by atoms with E-state index in [0.717, 1.165) is 0 Å². The molecular formula is C24H34Cl2N2O4S2. The fourth-order valence-electron chi connectivity index (χ4n) is 3.84. The molecule has 0 radical (unpaired) electrons. The fraction of sp³-hybridized carbons (Fsp3) is 0.500. The lowest BCUT2D eigenvalue weighted by Crippen LogP contribution is -2.33. The van der Waals surface area contributed by atoms with Crippen LogP contribution in [0.2, 0.25) is 10.0 Å². The second kappa shape index (κ2) is 12.7. The molecule has 0 saturated carbocycles. The minimum atomic E-state index is -3.93. The predicted octanol–water partition coefficient (Wildman–Crippen LogP) is 6.28. The normalized spacial score (nSPS) is 12.6.